The van der Waals surface area contributed by atoms with Crippen LogP contribution in [0.4, 0.5) is 0 Å². The molecule has 0 amide bonds. The van der Waals surface area contributed by atoms with Gasteiger partial charge in [0.2, 0.25) is 0 Å². The number of unbranched alkanes of at least 4 members (excludes halogenated alkanes) is 5. The molecule has 0 aliphatic rings. The highest BCUT2D eigenvalue weighted by molar-refractivity contribution is 6.27. The molecule has 0 spiro atoms. The number of hydrogen-bond acceptors (Lipinski definition) is 1. The van der Waals surface area contributed by atoms with Gasteiger partial charge in [-0.05, 0) is 19.3 Å². The van der Waals surface area contributed by atoms with Crippen LogP contribution in [-0.2, 0) is 4.79 Å². The molecule has 2 heteroatoms. The highest BCUT2D eigenvalue weighted by Crippen LogP contribution is 2.10. The zero-order valence-corrected chi connectivity index (χ0v) is 8.93. The lowest BCUT2D eigenvalue weighted by Gasteiger charge is -2.01. The van der Waals surface area contributed by atoms with E-state index in [2.05, 4.69) is 6.58 Å². The highest BCUT2D eigenvalue weighted by atomic mass is 35.5. The summed E-state index contributed by atoms with van der Waals surface area (Å²) in [6.07, 6.45) is 10.7. The molecule has 13 heavy (non-hydrogen) atoms. The highest BCUT2D eigenvalue weighted by Gasteiger charge is 2.00. The van der Waals surface area contributed by atoms with Gasteiger partial charge in [-0.3, -0.25) is 0 Å². The third kappa shape index (κ3) is 9.62. The molecule has 0 N–H and O–H groups in total. The van der Waals surface area contributed by atoms with E-state index in [0.29, 0.717) is 0 Å². The van der Waals surface area contributed by atoms with Crippen molar-refractivity contribution in [1.82, 2.24) is 0 Å². The Morgan fingerprint density at radius 2 is 1.77 bits per heavy atom. The summed E-state index contributed by atoms with van der Waals surface area (Å²) in [5.41, 5.74) is 0. The zero-order valence-electron chi connectivity index (χ0n) is 8.18. The quantitative estimate of drug-likeness (QED) is 0.241. The fourth-order valence-electron chi connectivity index (χ4n) is 1.23. The molecule has 0 aromatic rings. The Labute approximate surface area is 86.2 Å². The molecule has 0 radical (unpaired) electrons. The van der Waals surface area contributed by atoms with E-state index >= 15 is 0 Å². The minimum Gasteiger partial charge on any atom is -0.302 e. The van der Waals surface area contributed by atoms with Gasteiger partial charge in [-0.25, -0.2) is 0 Å². The SMILES string of the molecule is C=CCCCCCCCC(Cl)C=O. The standard InChI is InChI=1S/C11H19ClO/c1-2-3-4-5-6-7-8-9-11(12)10-13/h2,10-11H,1,3-9H2. The zero-order chi connectivity index (χ0) is 9.94. The molecule has 0 aromatic heterocycles. The van der Waals surface area contributed by atoms with Gasteiger partial charge in [-0.2, -0.15) is 0 Å². The second-order valence-electron chi connectivity index (χ2n) is 3.29. The van der Waals surface area contributed by atoms with Crippen molar-refractivity contribution in [3.63, 3.8) is 0 Å². The molecule has 1 atom stereocenters. The maximum Gasteiger partial charge on any atom is 0.137 e. The van der Waals surface area contributed by atoms with Crippen LogP contribution in [0.3, 0.4) is 0 Å². The van der Waals surface area contributed by atoms with Crippen molar-refractivity contribution in [2.24, 2.45) is 0 Å². The predicted molar refractivity (Wildman–Crippen MR) is 58.2 cm³/mol. The van der Waals surface area contributed by atoms with Crippen LogP contribution in [0.5, 0.6) is 0 Å². The number of hydrogen-bond donors (Lipinski definition) is 0. The first-order valence-electron chi connectivity index (χ1n) is 5.01. The first kappa shape index (κ1) is 12.7. The molecule has 0 fully saturated rings. The Balaban J connectivity index is 2.99. The molecule has 76 valence electrons. The van der Waals surface area contributed by atoms with Crippen LogP contribution in [0.15, 0.2) is 12.7 Å². The maximum atomic E-state index is 10.2. The third-order valence-corrected chi connectivity index (χ3v) is 2.36. The summed E-state index contributed by atoms with van der Waals surface area (Å²) in [7, 11) is 0. The summed E-state index contributed by atoms with van der Waals surface area (Å²) < 4.78 is 0. The van der Waals surface area contributed by atoms with Crippen LogP contribution >= 0.6 is 11.6 Å². The van der Waals surface area contributed by atoms with Gasteiger partial charge in [0.15, 0.2) is 0 Å². The fourth-order valence-corrected chi connectivity index (χ4v) is 1.38. The number of alkyl halides is 1. The van der Waals surface area contributed by atoms with Crippen LogP contribution in [0.1, 0.15) is 44.9 Å². The molecular formula is C11H19ClO. The number of aldehydes is 1. The Kier molecular flexibility index (Phi) is 9.56. The van der Waals surface area contributed by atoms with Crippen LogP contribution < -0.4 is 0 Å². The summed E-state index contributed by atoms with van der Waals surface area (Å²) in [5, 5.41) is -0.270. The van der Waals surface area contributed by atoms with Crippen molar-refractivity contribution in [2.45, 2.75) is 50.3 Å². The molecule has 0 aliphatic carbocycles. The Morgan fingerprint density at radius 3 is 2.38 bits per heavy atom. The Hall–Kier alpha value is -0.300. The van der Waals surface area contributed by atoms with E-state index in [0.717, 1.165) is 25.5 Å². The molecule has 1 unspecified atom stereocenters. The van der Waals surface area contributed by atoms with Crippen molar-refractivity contribution in [3.05, 3.63) is 12.7 Å². The number of allylic oxidation sites excluding steroid dienone is 1. The number of rotatable bonds is 9. The summed E-state index contributed by atoms with van der Waals surface area (Å²) in [5.74, 6) is 0. The van der Waals surface area contributed by atoms with E-state index in [4.69, 9.17) is 11.6 Å². The minimum atomic E-state index is -0.270. The smallest absolute Gasteiger partial charge is 0.137 e. The molecule has 1 nitrogen and oxygen atoms in total. The summed E-state index contributed by atoms with van der Waals surface area (Å²) >= 11 is 5.65. The van der Waals surface area contributed by atoms with Gasteiger partial charge in [-0.15, -0.1) is 18.2 Å². The summed E-state index contributed by atoms with van der Waals surface area (Å²) in [4.78, 5) is 10.2. The topological polar surface area (TPSA) is 17.1 Å². The van der Waals surface area contributed by atoms with E-state index in [9.17, 15) is 4.79 Å². The summed E-state index contributed by atoms with van der Waals surface area (Å²) in [6.45, 7) is 3.67. The monoisotopic (exact) mass is 202 g/mol. The van der Waals surface area contributed by atoms with E-state index < -0.39 is 0 Å². The molecule has 0 aliphatic heterocycles. The van der Waals surface area contributed by atoms with Gasteiger partial charge >= 0.3 is 0 Å². The van der Waals surface area contributed by atoms with Crippen molar-refractivity contribution in [2.75, 3.05) is 0 Å². The Bertz CT molecular complexity index is 134. The third-order valence-electron chi connectivity index (χ3n) is 2.04. The average Bonchev–Trinajstić information content (AvgIpc) is 2.16. The van der Waals surface area contributed by atoms with Crippen molar-refractivity contribution in [1.29, 1.82) is 0 Å². The van der Waals surface area contributed by atoms with Crippen LogP contribution in [0.25, 0.3) is 0 Å². The van der Waals surface area contributed by atoms with E-state index in [1.54, 1.807) is 0 Å². The lowest BCUT2D eigenvalue weighted by Crippen LogP contribution is -1.98. The first-order valence-corrected chi connectivity index (χ1v) is 5.45. The normalized spacial score (nSPS) is 12.4. The van der Waals surface area contributed by atoms with Gasteiger partial charge in [-0.1, -0.05) is 31.8 Å². The van der Waals surface area contributed by atoms with Gasteiger partial charge in [0.05, 0.1) is 5.38 Å². The number of carbonyl (C=O) groups is 1. The van der Waals surface area contributed by atoms with Crippen LogP contribution in [-0.4, -0.2) is 11.7 Å². The van der Waals surface area contributed by atoms with Crippen molar-refractivity contribution in [3.8, 4) is 0 Å². The van der Waals surface area contributed by atoms with E-state index in [1.807, 2.05) is 6.08 Å². The number of carbonyl (C=O) groups excluding carboxylic acids is 1. The Morgan fingerprint density at radius 1 is 1.15 bits per heavy atom. The van der Waals surface area contributed by atoms with Crippen LogP contribution in [0, 0.1) is 0 Å². The predicted octanol–water partition coefficient (Wildman–Crippen LogP) is 3.71. The van der Waals surface area contributed by atoms with E-state index in [-0.39, 0.29) is 5.38 Å². The van der Waals surface area contributed by atoms with Gasteiger partial charge < -0.3 is 4.79 Å². The molecule has 0 bridgehead atoms. The molecular weight excluding hydrogens is 184 g/mol. The molecule has 0 saturated heterocycles. The molecule has 0 aromatic carbocycles. The maximum absolute atomic E-state index is 10.2. The van der Waals surface area contributed by atoms with Crippen LogP contribution in [0.2, 0.25) is 0 Å². The number of halogens is 1. The fraction of sp³-hybridized carbons (Fsp3) is 0.727. The second-order valence-corrected chi connectivity index (χ2v) is 3.85. The van der Waals surface area contributed by atoms with Crippen molar-refractivity contribution >= 4 is 17.9 Å². The van der Waals surface area contributed by atoms with Gasteiger partial charge in [0, 0.05) is 0 Å². The molecule has 0 saturated carbocycles. The van der Waals surface area contributed by atoms with Crippen molar-refractivity contribution < 1.29 is 4.79 Å². The van der Waals surface area contributed by atoms with Gasteiger partial charge in [0.1, 0.15) is 6.29 Å². The van der Waals surface area contributed by atoms with E-state index in [1.165, 1.54) is 25.7 Å². The second kappa shape index (κ2) is 9.79. The molecule has 0 rings (SSSR count). The summed E-state index contributed by atoms with van der Waals surface area (Å²) in [6, 6.07) is 0. The lowest BCUT2D eigenvalue weighted by molar-refractivity contribution is -0.107. The molecule has 0 heterocycles. The average molecular weight is 203 g/mol. The largest absolute Gasteiger partial charge is 0.302 e. The lowest BCUT2D eigenvalue weighted by atomic mass is 10.1. The van der Waals surface area contributed by atoms with Gasteiger partial charge in [0.25, 0.3) is 0 Å². The first-order chi connectivity index (χ1) is 6.31. The minimum absolute atomic E-state index is 0.270.